The minimum atomic E-state index is -0.839. The Hall–Kier alpha value is -11.2. The van der Waals surface area contributed by atoms with E-state index < -0.39 is 77.3 Å². The zero-order chi connectivity index (χ0) is 74.1. The SMILES string of the molecule is CC=CC(=O)OC.COC(=O)c1cc(F)cc(B2OC(C)(C)C(C)(C)O2)c1N.COC(=O)c1cc(F)cc2c1[nH]c(=O)c1ccsc12.COC(=O)c1cc(F)cc2c1[nH]c(=O)c1cscc12.COC(=O)c1cc(F)cc2c1[nH]c(=O)c1sccc12.COC(=O)c1cc(F)cc2ccc(=O)[nH]c12. The Kier molecular flexibility index (Phi) is 23.8. The van der Waals surface area contributed by atoms with Crippen LogP contribution in [-0.2, 0) is 42.5 Å². The highest BCUT2D eigenvalue weighted by atomic mass is 32.1. The molecular weight excluding hydrogens is 1390 g/mol. The Bertz CT molecular complexity index is 5180. The molecule has 6 N–H and O–H groups in total. The van der Waals surface area contributed by atoms with E-state index in [-0.39, 0.29) is 72.7 Å². The molecule has 1 aliphatic rings. The first-order valence-electron chi connectivity index (χ1n) is 29.4. The van der Waals surface area contributed by atoms with Gasteiger partial charge in [-0.1, -0.05) is 6.08 Å². The topological polar surface area (TPSA) is 334 Å². The van der Waals surface area contributed by atoms with Crippen LogP contribution in [0.3, 0.4) is 0 Å². The molecule has 5 aromatic carbocycles. The number of allylic oxidation sites excluding steroid dienone is 1. The first-order chi connectivity index (χ1) is 47.8. The summed E-state index contributed by atoms with van der Waals surface area (Å²) >= 11 is 3.95. The number of nitrogen functional groups attached to an aromatic ring is 1. The van der Waals surface area contributed by atoms with Crippen molar-refractivity contribution in [3.8, 4) is 0 Å². The molecule has 0 bridgehead atoms. The number of halogens is 5. The lowest BCUT2D eigenvalue weighted by atomic mass is 9.76. The van der Waals surface area contributed by atoms with Crippen LogP contribution in [0.1, 0.15) is 86.4 Å². The Labute approximate surface area is 579 Å². The van der Waals surface area contributed by atoms with Crippen LogP contribution in [0.25, 0.3) is 74.6 Å². The van der Waals surface area contributed by atoms with Gasteiger partial charge in [-0.2, -0.15) is 11.3 Å². The summed E-state index contributed by atoms with van der Waals surface area (Å²) in [5.74, 6) is -6.55. The number of nitrogens with one attached hydrogen (secondary N) is 4. The molecule has 0 unspecified atom stereocenters. The number of aromatic nitrogens is 4. The fourth-order valence-electron chi connectivity index (χ4n) is 10.0. The third-order valence-electron chi connectivity index (χ3n) is 15.5. The predicted octanol–water partition coefficient (Wildman–Crippen LogP) is 11.7. The van der Waals surface area contributed by atoms with E-state index in [9.17, 15) is 69.9 Å². The van der Waals surface area contributed by atoms with Crippen LogP contribution in [0.15, 0.2) is 138 Å². The number of hydrogen-bond donors (Lipinski definition) is 5. The number of nitrogens with two attached hydrogens (primary N) is 1. The number of rotatable bonds is 7. The van der Waals surface area contributed by atoms with Crippen molar-refractivity contribution in [2.75, 3.05) is 48.4 Å². The van der Waals surface area contributed by atoms with Gasteiger partial charge < -0.3 is 63.4 Å². The van der Waals surface area contributed by atoms with E-state index in [0.29, 0.717) is 69.0 Å². The van der Waals surface area contributed by atoms with E-state index in [1.807, 2.05) is 27.7 Å². The fraction of sp³-hybridized carbons (Fsp3) is 0.188. The summed E-state index contributed by atoms with van der Waals surface area (Å²) in [5, 5.41) is 11.1. The van der Waals surface area contributed by atoms with Crippen LogP contribution >= 0.6 is 34.0 Å². The maximum atomic E-state index is 13.8. The second-order valence-electron chi connectivity index (χ2n) is 22.3. The molecule has 7 aromatic heterocycles. The monoisotopic (exact) mass is 1450 g/mol. The number of pyridine rings is 4. The highest BCUT2D eigenvalue weighted by Crippen LogP contribution is 2.38. The van der Waals surface area contributed by atoms with Gasteiger partial charge in [0.25, 0.3) is 16.7 Å². The van der Waals surface area contributed by atoms with Gasteiger partial charge in [0.2, 0.25) is 5.56 Å². The first-order valence-corrected chi connectivity index (χ1v) is 32.1. The molecule has 1 aliphatic heterocycles. The summed E-state index contributed by atoms with van der Waals surface area (Å²) in [5.41, 5.74) is 5.11. The molecule has 8 heterocycles. The summed E-state index contributed by atoms with van der Waals surface area (Å²) in [6.45, 7) is 9.28. The van der Waals surface area contributed by atoms with Gasteiger partial charge in [0.15, 0.2) is 0 Å². The Balaban J connectivity index is 0.000000157. The maximum absolute atomic E-state index is 13.8. The molecule has 0 amide bonds. The Morgan fingerprint density at radius 3 is 1.36 bits per heavy atom. The van der Waals surface area contributed by atoms with Crippen LogP contribution in [-0.4, -0.2) is 117 Å². The van der Waals surface area contributed by atoms with Crippen LogP contribution in [0.4, 0.5) is 27.6 Å². The minimum Gasteiger partial charge on any atom is -0.466 e. The highest BCUT2D eigenvalue weighted by molar-refractivity contribution is 7.18. The molecule has 1 fully saturated rings. The van der Waals surface area contributed by atoms with Gasteiger partial charge >= 0.3 is 42.9 Å². The normalized spacial score (nSPS) is 12.6. The Morgan fingerprint density at radius 2 is 0.861 bits per heavy atom. The van der Waals surface area contributed by atoms with Crippen molar-refractivity contribution in [1.29, 1.82) is 0 Å². The number of hydrogen-bond acceptors (Lipinski definition) is 22. The van der Waals surface area contributed by atoms with Crippen molar-refractivity contribution in [2.45, 2.75) is 45.8 Å². The zero-order valence-electron chi connectivity index (χ0n) is 55.2. The molecule has 23 nitrogen and oxygen atoms in total. The van der Waals surface area contributed by atoms with Gasteiger partial charge in [0.05, 0.1) is 115 Å². The number of methoxy groups -OCH3 is 6. The van der Waals surface area contributed by atoms with Gasteiger partial charge in [-0.3, -0.25) is 19.2 Å². The molecule has 12 aromatic rings. The van der Waals surface area contributed by atoms with Crippen molar-refractivity contribution >= 4 is 163 Å². The number of benzene rings is 5. The minimum absolute atomic E-state index is 0.00944. The number of fused-ring (bicyclic) bond motifs is 10. The number of thiophene rings is 3. The molecule has 0 atom stereocenters. The molecule has 101 heavy (non-hydrogen) atoms. The maximum Gasteiger partial charge on any atom is 0.497 e. The summed E-state index contributed by atoms with van der Waals surface area (Å²) < 4.78 is 108. The number of anilines is 1. The number of aromatic amines is 4. The van der Waals surface area contributed by atoms with E-state index in [1.165, 1.54) is 125 Å². The standard InChI is InChI=1S/C14H19BFNO4.3C13H8FNO3S.C11H8FNO3.C5H8O2/c1-13(2)14(3,4)21-15(20-13)10-7-8(16)6-9(11(10)17)12(18)19-5;1-18-13(17)8-3-6(14)2-7-9-4-19-5-10(9)12(16)15-11(7)8;1-18-13(17)9-5-6(14)4-8-10(9)15-12(16)7-2-3-19-11(7)8;1-18-13(17)9-5-6(14)4-8-7-2-3-19-11(7)12(16)15-10(8)9;1-16-11(15)8-5-7(12)4-6-2-3-9(14)13-10(6)8;1-3-4-5(6)7-2/h6-7H,17H2,1-5H3;3*2-5H,1H3,(H,15,16);2-5H,1H3,(H,13,14);3-4H,1-2H3. The Morgan fingerprint density at radius 1 is 0.455 bits per heavy atom. The second-order valence-corrected chi connectivity index (χ2v) is 24.9. The molecular formula is C69H59BF5N5O18S3. The van der Waals surface area contributed by atoms with Gasteiger partial charge in [-0.05, 0) is 130 Å². The lowest BCUT2D eigenvalue weighted by molar-refractivity contribution is -0.134. The lowest BCUT2D eigenvalue weighted by Gasteiger charge is -2.32. The molecule has 32 heteroatoms. The van der Waals surface area contributed by atoms with Crippen molar-refractivity contribution in [2.24, 2.45) is 0 Å². The van der Waals surface area contributed by atoms with Crippen LogP contribution in [0.2, 0.25) is 0 Å². The third kappa shape index (κ3) is 16.4. The van der Waals surface area contributed by atoms with Gasteiger partial charge in [-0.15, -0.1) is 22.7 Å². The van der Waals surface area contributed by atoms with Crippen molar-refractivity contribution < 1.29 is 88.4 Å². The summed E-state index contributed by atoms with van der Waals surface area (Å²) in [6.07, 6.45) is 2.99. The average molecular weight is 1450 g/mol. The van der Waals surface area contributed by atoms with Crippen molar-refractivity contribution in [3.63, 3.8) is 0 Å². The third-order valence-corrected chi connectivity index (χ3v) is 18.2. The molecule has 0 spiro atoms. The first kappa shape index (κ1) is 75.6. The van der Waals surface area contributed by atoms with E-state index in [2.05, 4.69) is 48.4 Å². The molecule has 0 saturated carbocycles. The van der Waals surface area contributed by atoms with Crippen molar-refractivity contribution in [3.05, 3.63) is 217 Å². The van der Waals surface area contributed by atoms with E-state index in [4.69, 9.17) is 15.0 Å². The second kappa shape index (κ2) is 31.8. The zero-order valence-corrected chi connectivity index (χ0v) is 57.6. The predicted molar refractivity (Wildman–Crippen MR) is 374 cm³/mol. The fourth-order valence-corrected chi connectivity index (χ4v) is 12.6. The van der Waals surface area contributed by atoms with Crippen LogP contribution < -0.4 is 33.4 Å². The number of esters is 6. The largest absolute Gasteiger partial charge is 0.497 e. The summed E-state index contributed by atoms with van der Waals surface area (Å²) in [7, 11) is 6.54. The van der Waals surface area contributed by atoms with Crippen molar-refractivity contribution in [1.82, 2.24) is 19.9 Å². The lowest BCUT2D eigenvalue weighted by Crippen LogP contribution is -2.41. The highest BCUT2D eigenvalue weighted by Gasteiger charge is 2.52. The molecule has 13 rings (SSSR count). The summed E-state index contributed by atoms with van der Waals surface area (Å²) in [6, 6.07) is 17.7. The van der Waals surface area contributed by atoms with E-state index >= 15 is 0 Å². The average Bonchev–Trinajstić information content (AvgIpc) is 1.74. The summed E-state index contributed by atoms with van der Waals surface area (Å²) in [4.78, 5) is 125. The number of carbonyl (C=O) groups is 6. The van der Waals surface area contributed by atoms with Crippen LogP contribution in [0, 0.1) is 29.1 Å². The molecule has 0 aliphatic carbocycles. The molecule has 0 radical (unpaired) electrons. The smallest absolute Gasteiger partial charge is 0.466 e. The molecule has 524 valence electrons. The number of ether oxygens (including phenoxy) is 6. The van der Waals surface area contributed by atoms with E-state index in [0.717, 1.165) is 30.3 Å². The number of carbonyl (C=O) groups excluding carboxylic acids is 6. The van der Waals surface area contributed by atoms with Gasteiger partial charge in [-0.25, -0.2) is 50.7 Å². The quantitative estimate of drug-likeness (QED) is 0.0247. The van der Waals surface area contributed by atoms with E-state index in [1.54, 1.807) is 46.7 Å². The molecule has 1 saturated heterocycles. The van der Waals surface area contributed by atoms with Gasteiger partial charge in [0.1, 0.15) is 33.8 Å². The van der Waals surface area contributed by atoms with Gasteiger partial charge in [0, 0.05) is 65.7 Å². The van der Waals surface area contributed by atoms with Crippen LogP contribution in [0.5, 0.6) is 0 Å². The number of H-pyrrole nitrogens is 4.